The minimum Gasteiger partial charge on any atom is -0.469 e. The van der Waals surface area contributed by atoms with Gasteiger partial charge in [-0.1, -0.05) is 30.3 Å². The van der Waals surface area contributed by atoms with Crippen LogP contribution in [0.4, 0.5) is 0 Å². The summed E-state index contributed by atoms with van der Waals surface area (Å²) in [4.78, 5) is 14.2. The minimum atomic E-state index is -0.213. The summed E-state index contributed by atoms with van der Waals surface area (Å²) in [6, 6.07) is 14.0. The maximum Gasteiger partial charge on any atom is 0.306 e. The molecular weight excluding hydrogens is 306 g/mol. The van der Waals surface area contributed by atoms with E-state index in [1.807, 2.05) is 30.3 Å². The van der Waals surface area contributed by atoms with Gasteiger partial charge in [0.25, 0.3) is 0 Å². The molecule has 5 nitrogen and oxygen atoms in total. The van der Waals surface area contributed by atoms with E-state index in [0.29, 0.717) is 26.1 Å². The molecule has 1 saturated heterocycles. The van der Waals surface area contributed by atoms with Crippen molar-refractivity contribution in [1.29, 1.82) is 0 Å². The highest BCUT2D eigenvalue weighted by atomic mass is 16.6. The van der Waals surface area contributed by atoms with Crippen LogP contribution >= 0.6 is 0 Å². The van der Waals surface area contributed by atoms with Gasteiger partial charge in [-0.25, -0.2) is 0 Å². The Morgan fingerprint density at radius 2 is 2.08 bits per heavy atom. The van der Waals surface area contributed by atoms with Crippen molar-refractivity contribution < 1.29 is 18.7 Å². The van der Waals surface area contributed by atoms with Crippen LogP contribution in [-0.2, 0) is 27.2 Å². The molecule has 5 heteroatoms. The van der Waals surface area contributed by atoms with Gasteiger partial charge in [-0.3, -0.25) is 9.69 Å². The van der Waals surface area contributed by atoms with Crippen molar-refractivity contribution >= 4 is 5.97 Å². The molecule has 2 aromatic rings. The van der Waals surface area contributed by atoms with E-state index in [1.54, 1.807) is 6.26 Å². The third-order valence-corrected chi connectivity index (χ3v) is 4.06. The Balaban J connectivity index is 1.38. The monoisotopic (exact) mass is 329 g/mol. The van der Waals surface area contributed by atoms with Gasteiger partial charge in [0.1, 0.15) is 18.5 Å². The first-order valence-corrected chi connectivity index (χ1v) is 8.35. The number of nitrogens with zero attached hydrogens (tertiary/aromatic N) is 1. The van der Waals surface area contributed by atoms with Crippen molar-refractivity contribution in [2.75, 3.05) is 26.3 Å². The molecule has 0 radical (unpaired) electrons. The predicted octanol–water partition coefficient (Wildman–Crippen LogP) is 2.66. The number of rotatable bonds is 7. The first-order valence-electron chi connectivity index (χ1n) is 8.35. The van der Waals surface area contributed by atoms with Crippen molar-refractivity contribution in [3.8, 4) is 0 Å². The number of morpholine rings is 1. The van der Waals surface area contributed by atoms with Crippen molar-refractivity contribution in [2.45, 2.75) is 25.5 Å². The predicted molar refractivity (Wildman–Crippen MR) is 89.4 cm³/mol. The SMILES string of the molecule is O=C(CCc1ccco1)OCC1CN(Cc2ccccc2)CCO1. The fourth-order valence-corrected chi connectivity index (χ4v) is 2.80. The molecule has 1 unspecified atom stereocenters. The van der Waals surface area contributed by atoms with E-state index in [4.69, 9.17) is 13.9 Å². The Morgan fingerprint density at radius 1 is 1.21 bits per heavy atom. The van der Waals surface area contributed by atoms with E-state index in [-0.39, 0.29) is 12.1 Å². The Bertz CT molecular complexity index is 612. The third-order valence-electron chi connectivity index (χ3n) is 4.06. The molecule has 1 aromatic carbocycles. The number of aryl methyl sites for hydroxylation is 1. The maximum absolute atomic E-state index is 11.8. The number of esters is 1. The van der Waals surface area contributed by atoms with Crippen LogP contribution in [0.1, 0.15) is 17.7 Å². The third kappa shape index (κ3) is 5.22. The molecule has 0 amide bonds. The van der Waals surface area contributed by atoms with Gasteiger partial charge in [-0.15, -0.1) is 0 Å². The van der Waals surface area contributed by atoms with Gasteiger partial charge in [0.15, 0.2) is 0 Å². The Kier molecular flexibility index (Phi) is 6.04. The highest BCUT2D eigenvalue weighted by molar-refractivity contribution is 5.69. The Hall–Kier alpha value is -2.11. The number of ether oxygens (including phenoxy) is 2. The lowest BCUT2D eigenvalue weighted by Crippen LogP contribution is -2.44. The van der Waals surface area contributed by atoms with Crippen LogP contribution in [0, 0.1) is 0 Å². The first-order chi connectivity index (χ1) is 11.8. The van der Waals surface area contributed by atoms with Gasteiger partial charge in [-0.05, 0) is 17.7 Å². The van der Waals surface area contributed by atoms with Crippen LogP contribution in [-0.4, -0.2) is 43.3 Å². The van der Waals surface area contributed by atoms with Crippen LogP contribution in [0.5, 0.6) is 0 Å². The summed E-state index contributed by atoms with van der Waals surface area (Å²) in [5.74, 6) is 0.588. The second-order valence-corrected chi connectivity index (χ2v) is 5.98. The number of benzene rings is 1. The van der Waals surface area contributed by atoms with Crippen molar-refractivity contribution in [3.63, 3.8) is 0 Å². The minimum absolute atomic E-state index is 0.0602. The Labute approximate surface area is 142 Å². The standard InChI is InChI=1S/C19H23NO4/c21-19(9-8-17-7-4-11-22-17)24-15-18-14-20(10-12-23-18)13-16-5-2-1-3-6-16/h1-7,11,18H,8-10,12-15H2. The molecule has 24 heavy (non-hydrogen) atoms. The van der Waals surface area contributed by atoms with E-state index in [2.05, 4.69) is 17.0 Å². The highest BCUT2D eigenvalue weighted by Crippen LogP contribution is 2.11. The molecule has 1 aromatic heterocycles. The van der Waals surface area contributed by atoms with E-state index in [1.165, 1.54) is 5.56 Å². The summed E-state index contributed by atoms with van der Waals surface area (Å²) in [5, 5.41) is 0. The number of carbonyl (C=O) groups excluding carboxylic acids is 1. The zero-order valence-corrected chi connectivity index (χ0v) is 13.7. The van der Waals surface area contributed by atoms with E-state index in [0.717, 1.165) is 25.4 Å². The van der Waals surface area contributed by atoms with E-state index >= 15 is 0 Å². The fourth-order valence-electron chi connectivity index (χ4n) is 2.80. The molecule has 2 heterocycles. The first kappa shape index (κ1) is 16.7. The summed E-state index contributed by atoms with van der Waals surface area (Å²) in [6.07, 6.45) is 2.44. The second kappa shape index (κ2) is 8.66. The van der Waals surface area contributed by atoms with Gasteiger partial charge in [0.05, 0.1) is 19.3 Å². The lowest BCUT2D eigenvalue weighted by atomic mass is 10.2. The number of hydrogen-bond acceptors (Lipinski definition) is 5. The summed E-state index contributed by atoms with van der Waals surface area (Å²) in [5.41, 5.74) is 1.29. The molecular formula is C19H23NO4. The van der Waals surface area contributed by atoms with Crippen molar-refractivity contribution in [2.24, 2.45) is 0 Å². The number of hydrogen-bond donors (Lipinski definition) is 0. The average molecular weight is 329 g/mol. The van der Waals surface area contributed by atoms with Crippen LogP contribution in [0.2, 0.25) is 0 Å². The smallest absolute Gasteiger partial charge is 0.306 e. The van der Waals surface area contributed by atoms with Gasteiger partial charge in [0.2, 0.25) is 0 Å². The summed E-state index contributed by atoms with van der Waals surface area (Å²) < 4.78 is 16.3. The summed E-state index contributed by atoms with van der Waals surface area (Å²) >= 11 is 0. The average Bonchev–Trinajstić information content (AvgIpc) is 3.13. The lowest BCUT2D eigenvalue weighted by Gasteiger charge is -2.32. The largest absolute Gasteiger partial charge is 0.469 e. The summed E-state index contributed by atoms with van der Waals surface area (Å²) in [6.45, 7) is 3.55. The second-order valence-electron chi connectivity index (χ2n) is 5.98. The zero-order valence-electron chi connectivity index (χ0n) is 13.7. The van der Waals surface area contributed by atoms with Gasteiger partial charge in [-0.2, -0.15) is 0 Å². The van der Waals surface area contributed by atoms with Crippen LogP contribution in [0.3, 0.4) is 0 Å². The van der Waals surface area contributed by atoms with Crippen LogP contribution in [0.15, 0.2) is 53.1 Å². The van der Waals surface area contributed by atoms with Crippen LogP contribution < -0.4 is 0 Å². The van der Waals surface area contributed by atoms with Crippen LogP contribution in [0.25, 0.3) is 0 Å². The number of carbonyl (C=O) groups is 1. The molecule has 1 aliphatic rings. The lowest BCUT2D eigenvalue weighted by molar-refractivity contribution is -0.150. The maximum atomic E-state index is 11.8. The number of furan rings is 1. The molecule has 1 atom stereocenters. The molecule has 1 aliphatic heterocycles. The van der Waals surface area contributed by atoms with Gasteiger partial charge in [0, 0.05) is 26.1 Å². The fraction of sp³-hybridized carbons (Fsp3) is 0.421. The van der Waals surface area contributed by atoms with E-state index in [9.17, 15) is 4.79 Å². The topological polar surface area (TPSA) is 51.9 Å². The van der Waals surface area contributed by atoms with Crippen molar-refractivity contribution in [3.05, 3.63) is 60.1 Å². The molecule has 0 saturated carbocycles. The Morgan fingerprint density at radius 3 is 2.88 bits per heavy atom. The highest BCUT2D eigenvalue weighted by Gasteiger charge is 2.22. The normalized spacial score (nSPS) is 18.4. The van der Waals surface area contributed by atoms with Gasteiger partial charge >= 0.3 is 5.97 Å². The molecule has 3 rings (SSSR count). The molecule has 0 N–H and O–H groups in total. The zero-order chi connectivity index (χ0) is 16.6. The molecule has 0 spiro atoms. The molecule has 0 aliphatic carbocycles. The molecule has 0 bridgehead atoms. The van der Waals surface area contributed by atoms with Gasteiger partial charge < -0.3 is 13.9 Å². The quantitative estimate of drug-likeness (QED) is 0.731. The molecule has 128 valence electrons. The summed E-state index contributed by atoms with van der Waals surface area (Å²) in [7, 11) is 0. The van der Waals surface area contributed by atoms with E-state index < -0.39 is 0 Å². The van der Waals surface area contributed by atoms with Crippen molar-refractivity contribution in [1.82, 2.24) is 4.90 Å². The molecule has 1 fully saturated rings.